The molecule has 0 unspecified atom stereocenters. The normalized spacial score (nSPS) is 10.1. The number of aryl methyl sites for hydroxylation is 1. The van der Waals surface area contributed by atoms with Crippen LogP contribution in [0, 0.1) is 17.0 Å². The lowest BCUT2D eigenvalue weighted by Crippen LogP contribution is -2.00. The molecule has 0 saturated carbocycles. The molecule has 0 atom stereocenters. The molecule has 0 spiro atoms. The molecule has 0 aliphatic rings. The van der Waals surface area contributed by atoms with Crippen LogP contribution in [-0.2, 0) is 11.2 Å². The van der Waals surface area contributed by atoms with Gasteiger partial charge in [0.25, 0.3) is 5.88 Å². The summed E-state index contributed by atoms with van der Waals surface area (Å²) in [6, 6.07) is 9.13. The minimum Gasteiger partial charge on any atom is -0.481 e. The van der Waals surface area contributed by atoms with Crippen LogP contribution < -0.4 is 4.74 Å². The molecule has 0 radical (unpaired) electrons. The van der Waals surface area contributed by atoms with Crippen molar-refractivity contribution < 1.29 is 19.6 Å². The standard InChI is InChI=1S/C14H12N2O5/c1-9-2-7-12(16(19)20)14(15-9)21-11-5-3-10(4-6-11)8-13(17)18/h2-7H,8H2,1H3,(H,17,18). The van der Waals surface area contributed by atoms with Crippen LogP contribution in [0.3, 0.4) is 0 Å². The summed E-state index contributed by atoms with van der Waals surface area (Å²) in [5, 5.41) is 19.6. The van der Waals surface area contributed by atoms with Gasteiger partial charge >= 0.3 is 11.7 Å². The topological polar surface area (TPSA) is 103 Å². The number of hydrogen-bond acceptors (Lipinski definition) is 5. The number of aromatic nitrogens is 1. The van der Waals surface area contributed by atoms with Gasteiger partial charge in [0.2, 0.25) is 0 Å². The molecule has 0 fully saturated rings. The molecule has 108 valence electrons. The first-order valence-corrected chi connectivity index (χ1v) is 6.06. The number of aliphatic carboxylic acids is 1. The van der Waals surface area contributed by atoms with Crippen molar-refractivity contribution >= 4 is 11.7 Å². The van der Waals surface area contributed by atoms with Gasteiger partial charge in [-0.2, -0.15) is 0 Å². The Morgan fingerprint density at radius 1 is 1.29 bits per heavy atom. The number of ether oxygens (including phenoxy) is 1. The fourth-order valence-corrected chi connectivity index (χ4v) is 1.70. The lowest BCUT2D eigenvalue weighted by molar-refractivity contribution is -0.386. The molecule has 2 rings (SSSR count). The predicted molar refractivity (Wildman–Crippen MR) is 73.5 cm³/mol. The number of carboxylic acid groups (broad SMARTS) is 1. The zero-order valence-electron chi connectivity index (χ0n) is 11.1. The maximum absolute atomic E-state index is 10.9. The summed E-state index contributed by atoms with van der Waals surface area (Å²) < 4.78 is 5.41. The third-order valence-corrected chi connectivity index (χ3v) is 2.67. The Morgan fingerprint density at radius 2 is 1.95 bits per heavy atom. The number of pyridine rings is 1. The molecule has 1 heterocycles. The first kappa shape index (κ1) is 14.4. The van der Waals surface area contributed by atoms with Crippen molar-refractivity contribution in [1.82, 2.24) is 4.98 Å². The van der Waals surface area contributed by atoms with E-state index in [-0.39, 0.29) is 18.0 Å². The van der Waals surface area contributed by atoms with E-state index < -0.39 is 10.9 Å². The van der Waals surface area contributed by atoms with Crippen LogP contribution in [-0.4, -0.2) is 21.0 Å². The Bertz CT molecular complexity index is 682. The Kier molecular flexibility index (Phi) is 4.13. The molecule has 0 saturated heterocycles. The highest BCUT2D eigenvalue weighted by molar-refractivity contribution is 5.70. The summed E-state index contributed by atoms with van der Waals surface area (Å²) in [4.78, 5) is 24.9. The largest absolute Gasteiger partial charge is 0.481 e. The van der Waals surface area contributed by atoms with E-state index in [2.05, 4.69) is 4.98 Å². The molecule has 1 aromatic carbocycles. The van der Waals surface area contributed by atoms with Crippen molar-refractivity contribution in [3.63, 3.8) is 0 Å². The molecule has 0 bridgehead atoms. The third kappa shape index (κ3) is 3.75. The Balaban J connectivity index is 2.23. The second kappa shape index (κ2) is 6.00. The minimum absolute atomic E-state index is 0.0917. The summed E-state index contributed by atoms with van der Waals surface area (Å²) >= 11 is 0. The van der Waals surface area contributed by atoms with Gasteiger partial charge in [-0.05, 0) is 30.7 Å². The first-order chi connectivity index (χ1) is 9.95. The summed E-state index contributed by atoms with van der Waals surface area (Å²) in [5.74, 6) is -0.670. The van der Waals surface area contributed by atoms with Gasteiger partial charge in [0, 0.05) is 11.8 Å². The number of rotatable bonds is 5. The zero-order valence-corrected chi connectivity index (χ0v) is 11.1. The SMILES string of the molecule is Cc1ccc([N+](=O)[O-])c(Oc2ccc(CC(=O)O)cc2)n1. The summed E-state index contributed by atoms with van der Waals surface area (Å²) in [6.07, 6.45) is -0.0941. The summed E-state index contributed by atoms with van der Waals surface area (Å²) in [5.41, 5.74) is 0.981. The first-order valence-electron chi connectivity index (χ1n) is 6.06. The number of carboxylic acids is 1. The van der Waals surface area contributed by atoms with Crippen LogP contribution in [0.4, 0.5) is 5.69 Å². The second-order valence-corrected chi connectivity index (χ2v) is 4.35. The summed E-state index contributed by atoms with van der Waals surface area (Å²) in [7, 11) is 0. The average molecular weight is 288 g/mol. The minimum atomic E-state index is -0.931. The third-order valence-electron chi connectivity index (χ3n) is 2.67. The number of carbonyl (C=O) groups is 1. The Hall–Kier alpha value is -2.96. The number of benzene rings is 1. The number of hydrogen-bond donors (Lipinski definition) is 1. The molecule has 21 heavy (non-hydrogen) atoms. The van der Waals surface area contributed by atoms with Crippen molar-refractivity contribution in [2.24, 2.45) is 0 Å². The second-order valence-electron chi connectivity index (χ2n) is 4.35. The van der Waals surface area contributed by atoms with Crippen LogP contribution in [0.5, 0.6) is 11.6 Å². The van der Waals surface area contributed by atoms with Gasteiger partial charge in [0.15, 0.2) is 0 Å². The van der Waals surface area contributed by atoms with Crippen LogP contribution in [0.2, 0.25) is 0 Å². The van der Waals surface area contributed by atoms with Crippen LogP contribution in [0.1, 0.15) is 11.3 Å². The Morgan fingerprint density at radius 3 is 2.52 bits per heavy atom. The highest BCUT2D eigenvalue weighted by Gasteiger charge is 2.17. The van der Waals surface area contributed by atoms with Gasteiger partial charge < -0.3 is 9.84 Å². The van der Waals surface area contributed by atoms with Gasteiger partial charge in [0.1, 0.15) is 5.75 Å². The number of nitrogens with zero attached hydrogens (tertiary/aromatic N) is 2. The van der Waals surface area contributed by atoms with E-state index in [9.17, 15) is 14.9 Å². The predicted octanol–water partition coefficient (Wildman–Crippen LogP) is 2.72. The van der Waals surface area contributed by atoms with Crippen molar-refractivity contribution in [2.45, 2.75) is 13.3 Å². The van der Waals surface area contributed by atoms with Gasteiger partial charge in [0.05, 0.1) is 11.3 Å². The van der Waals surface area contributed by atoms with E-state index in [4.69, 9.17) is 9.84 Å². The molecule has 0 aliphatic carbocycles. The molecule has 0 amide bonds. The quantitative estimate of drug-likeness (QED) is 0.670. The van der Waals surface area contributed by atoms with Crippen molar-refractivity contribution in [3.8, 4) is 11.6 Å². The van der Waals surface area contributed by atoms with E-state index in [1.807, 2.05) is 0 Å². The molecule has 1 N–H and O–H groups in total. The fraction of sp³-hybridized carbons (Fsp3) is 0.143. The lowest BCUT2D eigenvalue weighted by atomic mass is 10.1. The molecule has 2 aromatic rings. The van der Waals surface area contributed by atoms with E-state index in [1.54, 1.807) is 31.2 Å². The van der Waals surface area contributed by atoms with Crippen molar-refractivity contribution in [2.75, 3.05) is 0 Å². The summed E-state index contributed by atoms with van der Waals surface area (Å²) in [6.45, 7) is 1.70. The fourth-order valence-electron chi connectivity index (χ4n) is 1.70. The van der Waals surface area contributed by atoms with E-state index >= 15 is 0 Å². The average Bonchev–Trinajstić information content (AvgIpc) is 2.40. The van der Waals surface area contributed by atoms with Crippen molar-refractivity contribution in [1.29, 1.82) is 0 Å². The van der Waals surface area contributed by atoms with Gasteiger partial charge in [-0.25, -0.2) is 4.98 Å². The maximum atomic E-state index is 10.9. The monoisotopic (exact) mass is 288 g/mol. The number of nitro groups is 1. The molecular formula is C14H12N2O5. The maximum Gasteiger partial charge on any atom is 0.331 e. The van der Waals surface area contributed by atoms with Crippen LogP contribution in [0.25, 0.3) is 0 Å². The Labute approximate surface area is 120 Å². The smallest absolute Gasteiger partial charge is 0.331 e. The highest BCUT2D eigenvalue weighted by atomic mass is 16.6. The van der Waals surface area contributed by atoms with Crippen molar-refractivity contribution in [3.05, 3.63) is 57.8 Å². The molecule has 0 aliphatic heterocycles. The van der Waals surface area contributed by atoms with Crippen LogP contribution >= 0.6 is 0 Å². The highest BCUT2D eigenvalue weighted by Crippen LogP contribution is 2.29. The van der Waals surface area contributed by atoms with E-state index in [0.29, 0.717) is 17.0 Å². The molecular weight excluding hydrogens is 276 g/mol. The van der Waals surface area contributed by atoms with E-state index in [0.717, 1.165) is 0 Å². The lowest BCUT2D eigenvalue weighted by Gasteiger charge is -2.06. The van der Waals surface area contributed by atoms with Gasteiger partial charge in [-0.3, -0.25) is 14.9 Å². The van der Waals surface area contributed by atoms with E-state index in [1.165, 1.54) is 12.1 Å². The molecule has 1 aromatic heterocycles. The van der Waals surface area contributed by atoms with Crippen LogP contribution in [0.15, 0.2) is 36.4 Å². The van der Waals surface area contributed by atoms with Gasteiger partial charge in [-0.15, -0.1) is 0 Å². The molecule has 7 heteroatoms. The zero-order chi connectivity index (χ0) is 15.4. The van der Waals surface area contributed by atoms with Gasteiger partial charge in [-0.1, -0.05) is 12.1 Å². The molecule has 7 nitrogen and oxygen atoms in total.